The number of rotatable bonds is 2. The summed E-state index contributed by atoms with van der Waals surface area (Å²) in [5, 5.41) is 0. The van der Waals surface area contributed by atoms with Gasteiger partial charge in [0.25, 0.3) is 0 Å². The Kier molecular flexibility index (Phi) is 2.66. The Bertz CT molecular complexity index is 505. The fraction of sp³-hybridized carbons (Fsp3) is 0. The van der Waals surface area contributed by atoms with Gasteiger partial charge in [0.2, 0.25) is 0 Å². The van der Waals surface area contributed by atoms with Crippen molar-refractivity contribution in [2.75, 3.05) is 22.9 Å². The molecule has 0 heterocycles. The molecule has 0 aromatic heterocycles. The van der Waals surface area contributed by atoms with Gasteiger partial charge in [-0.05, 0) is 36.4 Å². The third-order valence-electron chi connectivity index (χ3n) is 2.29. The maximum absolute atomic E-state index is 5.78. The van der Waals surface area contributed by atoms with Crippen molar-refractivity contribution in [1.29, 1.82) is 0 Å². The van der Waals surface area contributed by atoms with E-state index in [4.69, 9.17) is 27.7 Å². The molecule has 5 nitrogen and oxygen atoms in total. The van der Waals surface area contributed by atoms with Crippen LogP contribution in [0, 0.1) is 0 Å². The minimum Gasteiger partial charge on any atom is -0.453 e. The van der Waals surface area contributed by atoms with Crippen LogP contribution in [0.1, 0.15) is 0 Å². The first-order valence-electron chi connectivity index (χ1n) is 5.04. The lowest BCUT2D eigenvalue weighted by atomic mass is 10.2. The minimum absolute atomic E-state index is 0.459. The third-order valence-corrected chi connectivity index (χ3v) is 2.29. The molecule has 0 fully saturated rings. The number of benzene rings is 2. The van der Waals surface area contributed by atoms with Gasteiger partial charge in [-0.1, -0.05) is 0 Å². The van der Waals surface area contributed by atoms with Crippen LogP contribution >= 0.6 is 0 Å². The molecule has 0 aliphatic rings. The Hall–Kier alpha value is -2.56. The Morgan fingerprint density at radius 3 is 1.41 bits per heavy atom. The highest BCUT2D eigenvalue weighted by Crippen LogP contribution is 2.32. The van der Waals surface area contributed by atoms with Crippen molar-refractivity contribution in [2.45, 2.75) is 0 Å². The van der Waals surface area contributed by atoms with Gasteiger partial charge in [-0.2, -0.15) is 0 Å². The maximum atomic E-state index is 5.78. The molecule has 0 aliphatic heterocycles. The molecule has 8 N–H and O–H groups in total. The van der Waals surface area contributed by atoms with Gasteiger partial charge < -0.3 is 27.7 Å². The van der Waals surface area contributed by atoms with E-state index in [1.807, 2.05) is 0 Å². The SMILES string of the molecule is Nc1ccc(Oc2ccc(N)cc2N)c(N)c1. The number of nitrogens with two attached hydrogens (primary N) is 4. The summed E-state index contributed by atoms with van der Waals surface area (Å²) in [5.74, 6) is 1.02. The monoisotopic (exact) mass is 230 g/mol. The molecule has 0 atom stereocenters. The van der Waals surface area contributed by atoms with Gasteiger partial charge in [-0.15, -0.1) is 0 Å². The van der Waals surface area contributed by atoms with Crippen molar-refractivity contribution in [2.24, 2.45) is 0 Å². The zero-order valence-electron chi connectivity index (χ0n) is 9.18. The first-order chi connectivity index (χ1) is 8.06. The summed E-state index contributed by atoms with van der Waals surface area (Å²) in [5.41, 5.74) is 24.8. The predicted octanol–water partition coefficient (Wildman–Crippen LogP) is 1.81. The molecule has 88 valence electrons. The minimum atomic E-state index is 0.459. The average molecular weight is 230 g/mol. The first-order valence-corrected chi connectivity index (χ1v) is 5.04. The number of anilines is 4. The molecule has 2 rings (SSSR count). The fourth-order valence-electron chi connectivity index (χ4n) is 1.44. The Balaban J connectivity index is 2.31. The summed E-state index contributed by atoms with van der Waals surface area (Å²) >= 11 is 0. The van der Waals surface area contributed by atoms with Crippen LogP contribution < -0.4 is 27.7 Å². The van der Waals surface area contributed by atoms with Crippen LogP contribution in [0.4, 0.5) is 22.7 Å². The molecule has 0 radical (unpaired) electrons. The highest BCUT2D eigenvalue weighted by molar-refractivity contribution is 5.65. The highest BCUT2D eigenvalue weighted by Gasteiger charge is 2.05. The predicted molar refractivity (Wildman–Crippen MR) is 70.6 cm³/mol. The summed E-state index contributed by atoms with van der Waals surface area (Å²) < 4.78 is 5.59. The van der Waals surface area contributed by atoms with Gasteiger partial charge in [0.05, 0.1) is 11.4 Å². The smallest absolute Gasteiger partial charge is 0.150 e. The topological polar surface area (TPSA) is 113 Å². The van der Waals surface area contributed by atoms with Crippen molar-refractivity contribution >= 4 is 22.7 Å². The first kappa shape index (κ1) is 10.9. The number of ether oxygens (including phenoxy) is 1. The molecule has 0 unspecified atom stereocenters. The quantitative estimate of drug-likeness (QED) is 0.587. The van der Waals surface area contributed by atoms with E-state index in [2.05, 4.69) is 0 Å². The molecule has 0 spiro atoms. The van der Waals surface area contributed by atoms with Gasteiger partial charge in [0, 0.05) is 11.4 Å². The summed E-state index contributed by atoms with van der Waals surface area (Å²) in [6.07, 6.45) is 0. The van der Waals surface area contributed by atoms with Crippen molar-refractivity contribution in [1.82, 2.24) is 0 Å². The normalized spacial score (nSPS) is 10.1. The molecule has 5 heteroatoms. The van der Waals surface area contributed by atoms with Gasteiger partial charge in [0.1, 0.15) is 0 Å². The molecule has 0 amide bonds. The van der Waals surface area contributed by atoms with E-state index in [1.54, 1.807) is 36.4 Å². The lowest BCUT2D eigenvalue weighted by Gasteiger charge is -2.11. The van der Waals surface area contributed by atoms with Crippen LogP contribution in [0.15, 0.2) is 36.4 Å². The summed E-state index contributed by atoms with van der Waals surface area (Å²) in [7, 11) is 0. The largest absolute Gasteiger partial charge is 0.453 e. The maximum Gasteiger partial charge on any atom is 0.150 e. The lowest BCUT2D eigenvalue weighted by molar-refractivity contribution is 0.487. The van der Waals surface area contributed by atoms with Crippen LogP contribution in [0.3, 0.4) is 0 Å². The van der Waals surface area contributed by atoms with Crippen LogP contribution in [-0.2, 0) is 0 Å². The highest BCUT2D eigenvalue weighted by atomic mass is 16.5. The van der Waals surface area contributed by atoms with E-state index >= 15 is 0 Å². The molecule has 2 aromatic carbocycles. The van der Waals surface area contributed by atoms with Crippen molar-refractivity contribution in [3.63, 3.8) is 0 Å². The van der Waals surface area contributed by atoms with Gasteiger partial charge in [-0.3, -0.25) is 0 Å². The van der Waals surface area contributed by atoms with E-state index in [-0.39, 0.29) is 0 Å². The summed E-state index contributed by atoms with van der Waals surface area (Å²) in [6.45, 7) is 0. The third kappa shape index (κ3) is 2.34. The molecule has 0 saturated heterocycles. The van der Waals surface area contributed by atoms with Crippen molar-refractivity contribution in [3.8, 4) is 11.5 Å². The van der Waals surface area contributed by atoms with Crippen LogP contribution in [0.5, 0.6) is 11.5 Å². The summed E-state index contributed by atoms with van der Waals surface area (Å²) in [6, 6.07) is 10.1. The van der Waals surface area contributed by atoms with E-state index in [9.17, 15) is 0 Å². The Labute approximate surface area is 99.0 Å². The van der Waals surface area contributed by atoms with Crippen LogP contribution in [0.25, 0.3) is 0 Å². The second kappa shape index (κ2) is 4.13. The van der Waals surface area contributed by atoms with Crippen LogP contribution in [-0.4, -0.2) is 0 Å². The second-order valence-electron chi connectivity index (χ2n) is 3.70. The Morgan fingerprint density at radius 2 is 1.06 bits per heavy atom. The van der Waals surface area contributed by atoms with Gasteiger partial charge >= 0.3 is 0 Å². The lowest BCUT2D eigenvalue weighted by Crippen LogP contribution is -1.97. The van der Waals surface area contributed by atoms with E-state index < -0.39 is 0 Å². The van der Waals surface area contributed by atoms with Crippen molar-refractivity contribution in [3.05, 3.63) is 36.4 Å². The molecule has 17 heavy (non-hydrogen) atoms. The van der Waals surface area contributed by atoms with Crippen LogP contribution in [0.2, 0.25) is 0 Å². The zero-order valence-corrected chi connectivity index (χ0v) is 9.18. The molecule has 0 bridgehead atoms. The standard InChI is InChI=1S/C12H14N4O/c13-7-1-3-11(9(15)5-7)17-12-4-2-8(14)6-10(12)16/h1-6H,13-16H2. The van der Waals surface area contributed by atoms with E-state index in [1.165, 1.54) is 0 Å². The summed E-state index contributed by atoms with van der Waals surface area (Å²) in [4.78, 5) is 0. The molecule has 2 aromatic rings. The fourth-order valence-corrected chi connectivity index (χ4v) is 1.44. The Morgan fingerprint density at radius 1 is 0.647 bits per heavy atom. The molecule has 0 aliphatic carbocycles. The van der Waals surface area contributed by atoms with Gasteiger partial charge in [0.15, 0.2) is 11.5 Å². The van der Waals surface area contributed by atoms with E-state index in [0.29, 0.717) is 34.2 Å². The number of hydrogen-bond acceptors (Lipinski definition) is 5. The molecule has 0 saturated carbocycles. The number of hydrogen-bond donors (Lipinski definition) is 4. The average Bonchev–Trinajstić information content (AvgIpc) is 2.25. The molecular formula is C12H14N4O. The molecular weight excluding hydrogens is 216 g/mol. The van der Waals surface area contributed by atoms with E-state index in [0.717, 1.165) is 0 Å². The van der Waals surface area contributed by atoms with Crippen molar-refractivity contribution < 1.29 is 4.74 Å². The second-order valence-corrected chi connectivity index (χ2v) is 3.70. The van der Waals surface area contributed by atoms with Gasteiger partial charge in [-0.25, -0.2) is 0 Å². The number of nitrogen functional groups attached to an aromatic ring is 4. The zero-order chi connectivity index (χ0) is 12.4.